The number of hydrogen-bond acceptors (Lipinski definition) is 5. The zero-order valence-electron chi connectivity index (χ0n) is 11.8. The van der Waals surface area contributed by atoms with Crippen LogP contribution >= 0.6 is 22.9 Å². The summed E-state index contributed by atoms with van der Waals surface area (Å²) in [6, 6.07) is 8.09. The Kier molecular flexibility index (Phi) is 4.63. The average molecular weight is 323 g/mol. The first-order chi connectivity index (χ1) is 10.2. The fourth-order valence-corrected chi connectivity index (χ4v) is 3.39. The number of nitrogens with two attached hydrogens (primary N) is 1. The monoisotopic (exact) mass is 322 g/mol. The number of piperazine rings is 1. The molecule has 3 rings (SSSR count). The summed E-state index contributed by atoms with van der Waals surface area (Å²) in [6.07, 6.45) is 0.977. The first-order valence-corrected chi connectivity index (χ1v) is 8.39. The van der Waals surface area contributed by atoms with Crippen molar-refractivity contribution in [3.8, 4) is 0 Å². The van der Waals surface area contributed by atoms with Gasteiger partial charge in [-0.2, -0.15) is 0 Å². The fourth-order valence-electron chi connectivity index (χ4n) is 2.61. The smallest absolute Gasteiger partial charge is 0.180 e. The van der Waals surface area contributed by atoms with Gasteiger partial charge in [0.2, 0.25) is 0 Å². The number of hydrogen-bond donors (Lipinski definition) is 1. The van der Waals surface area contributed by atoms with Crippen LogP contribution in [0.1, 0.15) is 5.69 Å². The summed E-state index contributed by atoms with van der Waals surface area (Å²) in [5.74, 6) is 0. The summed E-state index contributed by atoms with van der Waals surface area (Å²) >= 11 is 7.58. The number of halogens is 1. The summed E-state index contributed by atoms with van der Waals surface area (Å²) in [5.41, 5.74) is 7.98. The van der Waals surface area contributed by atoms with E-state index in [4.69, 9.17) is 17.3 Å². The lowest BCUT2D eigenvalue weighted by Crippen LogP contribution is -2.47. The minimum atomic E-state index is 0.663. The second-order valence-corrected chi connectivity index (χ2v) is 6.56. The first kappa shape index (κ1) is 14.6. The van der Waals surface area contributed by atoms with Crippen molar-refractivity contribution in [3.63, 3.8) is 0 Å². The highest BCUT2D eigenvalue weighted by Crippen LogP contribution is 2.21. The SMILES string of the molecule is Nc1nc(CCN2CCN(c3cccc(Cl)c3)CC2)cs1. The Balaban J connectivity index is 1.49. The van der Waals surface area contributed by atoms with E-state index in [0.29, 0.717) is 5.13 Å². The van der Waals surface area contributed by atoms with Crippen molar-refractivity contribution in [1.82, 2.24) is 9.88 Å². The van der Waals surface area contributed by atoms with E-state index >= 15 is 0 Å². The molecule has 1 aliphatic rings. The van der Waals surface area contributed by atoms with Crippen LogP contribution in [0.4, 0.5) is 10.8 Å². The quantitative estimate of drug-likeness (QED) is 0.940. The van der Waals surface area contributed by atoms with Gasteiger partial charge in [0.25, 0.3) is 0 Å². The third-order valence-electron chi connectivity index (χ3n) is 3.80. The molecule has 112 valence electrons. The van der Waals surface area contributed by atoms with Crippen molar-refractivity contribution in [1.29, 1.82) is 0 Å². The molecule has 2 N–H and O–H groups in total. The fraction of sp³-hybridized carbons (Fsp3) is 0.400. The number of rotatable bonds is 4. The number of aromatic nitrogens is 1. The molecule has 6 heteroatoms. The van der Waals surface area contributed by atoms with Crippen LogP contribution in [0.15, 0.2) is 29.6 Å². The van der Waals surface area contributed by atoms with E-state index in [1.54, 1.807) is 0 Å². The lowest BCUT2D eigenvalue weighted by Gasteiger charge is -2.36. The van der Waals surface area contributed by atoms with Gasteiger partial charge in [0, 0.05) is 55.2 Å². The van der Waals surface area contributed by atoms with Crippen LogP contribution in [0.25, 0.3) is 0 Å². The van der Waals surface area contributed by atoms with Crippen molar-refractivity contribution in [3.05, 3.63) is 40.4 Å². The predicted molar refractivity (Wildman–Crippen MR) is 90.3 cm³/mol. The highest BCUT2D eigenvalue weighted by Gasteiger charge is 2.17. The number of nitrogens with zero attached hydrogens (tertiary/aromatic N) is 3. The second-order valence-electron chi connectivity index (χ2n) is 5.24. The van der Waals surface area contributed by atoms with Crippen molar-refractivity contribution < 1.29 is 0 Å². The molecule has 1 fully saturated rings. The molecule has 1 aliphatic heterocycles. The number of thiazole rings is 1. The highest BCUT2D eigenvalue weighted by atomic mass is 35.5. The molecule has 21 heavy (non-hydrogen) atoms. The molecule has 1 aromatic heterocycles. The standard InChI is InChI=1S/C15H19ClN4S/c16-12-2-1-3-14(10-12)20-8-6-19(7-9-20)5-4-13-11-21-15(17)18-13/h1-3,10-11H,4-9H2,(H2,17,18). The van der Waals surface area contributed by atoms with Crippen molar-refractivity contribution in [2.24, 2.45) is 0 Å². The summed E-state index contributed by atoms with van der Waals surface area (Å²) in [7, 11) is 0. The Bertz CT molecular complexity index is 593. The molecule has 1 saturated heterocycles. The van der Waals surface area contributed by atoms with E-state index in [1.165, 1.54) is 17.0 Å². The van der Waals surface area contributed by atoms with Crippen molar-refractivity contribution >= 4 is 33.8 Å². The highest BCUT2D eigenvalue weighted by molar-refractivity contribution is 7.13. The van der Waals surface area contributed by atoms with Crippen LogP contribution in [-0.4, -0.2) is 42.6 Å². The van der Waals surface area contributed by atoms with Gasteiger partial charge < -0.3 is 10.6 Å². The number of benzene rings is 1. The van der Waals surface area contributed by atoms with Crippen molar-refractivity contribution in [2.75, 3.05) is 43.4 Å². The van der Waals surface area contributed by atoms with Gasteiger partial charge in [-0.3, -0.25) is 4.90 Å². The molecule has 0 amide bonds. The molecule has 1 aromatic carbocycles. The zero-order valence-corrected chi connectivity index (χ0v) is 13.4. The Hall–Kier alpha value is -1.30. The summed E-state index contributed by atoms with van der Waals surface area (Å²) in [6.45, 7) is 5.28. The number of nitrogen functional groups attached to an aromatic ring is 1. The molecule has 0 spiro atoms. The van der Waals surface area contributed by atoms with Gasteiger partial charge in [-0.1, -0.05) is 17.7 Å². The normalized spacial score (nSPS) is 16.3. The minimum Gasteiger partial charge on any atom is -0.375 e. The maximum atomic E-state index is 6.06. The van der Waals surface area contributed by atoms with Gasteiger partial charge in [0.15, 0.2) is 5.13 Å². The maximum Gasteiger partial charge on any atom is 0.180 e. The van der Waals surface area contributed by atoms with Crippen LogP contribution in [-0.2, 0) is 6.42 Å². The van der Waals surface area contributed by atoms with Crippen LogP contribution in [0.3, 0.4) is 0 Å². The topological polar surface area (TPSA) is 45.4 Å². The molecule has 0 saturated carbocycles. The van der Waals surface area contributed by atoms with Gasteiger partial charge in [0.1, 0.15) is 0 Å². The molecule has 0 atom stereocenters. The lowest BCUT2D eigenvalue weighted by molar-refractivity contribution is 0.260. The Morgan fingerprint density at radius 2 is 2.05 bits per heavy atom. The lowest BCUT2D eigenvalue weighted by atomic mass is 10.2. The molecule has 0 radical (unpaired) electrons. The van der Waals surface area contributed by atoms with Crippen LogP contribution < -0.4 is 10.6 Å². The van der Waals surface area contributed by atoms with Crippen LogP contribution in [0.2, 0.25) is 5.02 Å². The minimum absolute atomic E-state index is 0.663. The van der Waals surface area contributed by atoms with Gasteiger partial charge in [-0.15, -0.1) is 11.3 Å². The number of anilines is 2. The molecule has 2 heterocycles. The third-order valence-corrected chi connectivity index (χ3v) is 4.76. The van der Waals surface area contributed by atoms with Gasteiger partial charge >= 0.3 is 0 Å². The molecule has 0 aliphatic carbocycles. The molecular formula is C15H19ClN4S. The average Bonchev–Trinajstić information content (AvgIpc) is 2.91. The first-order valence-electron chi connectivity index (χ1n) is 7.13. The molecule has 0 unspecified atom stereocenters. The third kappa shape index (κ3) is 3.87. The molecule has 0 bridgehead atoms. The molecule has 4 nitrogen and oxygen atoms in total. The summed E-state index contributed by atoms with van der Waals surface area (Å²) in [4.78, 5) is 9.19. The molecule has 2 aromatic rings. The van der Waals surface area contributed by atoms with Gasteiger partial charge in [0.05, 0.1) is 5.69 Å². The maximum absolute atomic E-state index is 6.06. The van der Waals surface area contributed by atoms with Crippen molar-refractivity contribution in [2.45, 2.75) is 6.42 Å². The van der Waals surface area contributed by atoms with E-state index in [1.807, 2.05) is 18.2 Å². The molecular weight excluding hydrogens is 304 g/mol. The Morgan fingerprint density at radius 3 is 2.71 bits per heavy atom. The van der Waals surface area contributed by atoms with E-state index in [2.05, 4.69) is 26.2 Å². The van der Waals surface area contributed by atoms with Gasteiger partial charge in [-0.05, 0) is 18.2 Å². The van der Waals surface area contributed by atoms with Crippen LogP contribution in [0, 0.1) is 0 Å². The summed E-state index contributed by atoms with van der Waals surface area (Å²) < 4.78 is 0. The van der Waals surface area contributed by atoms with E-state index in [0.717, 1.165) is 49.9 Å². The zero-order chi connectivity index (χ0) is 14.7. The van der Waals surface area contributed by atoms with E-state index < -0.39 is 0 Å². The Labute approximate surface area is 134 Å². The van der Waals surface area contributed by atoms with Gasteiger partial charge in [-0.25, -0.2) is 4.98 Å². The largest absolute Gasteiger partial charge is 0.375 e. The Morgan fingerprint density at radius 1 is 1.24 bits per heavy atom. The van der Waals surface area contributed by atoms with E-state index in [9.17, 15) is 0 Å². The summed E-state index contributed by atoms with van der Waals surface area (Å²) in [5, 5.41) is 3.52. The van der Waals surface area contributed by atoms with E-state index in [-0.39, 0.29) is 0 Å². The predicted octanol–water partition coefficient (Wildman–Crippen LogP) is 2.74. The second kappa shape index (κ2) is 6.64. The van der Waals surface area contributed by atoms with Crippen LogP contribution in [0.5, 0.6) is 0 Å².